The molecule has 76 valence electrons. The van der Waals surface area contributed by atoms with Gasteiger partial charge in [0, 0.05) is 12.1 Å². The van der Waals surface area contributed by atoms with Crippen molar-refractivity contribution in [3.63, 3.8) is 0 Å². The Hall–Kier alpha value is -1.22. The maximum absolute atomic E-state index is 13.2. The molecule has 0 saturated heterocycles. The summed E-state index contributed by atoms with van der Waals surface area (Å²) in [5.74, 6) is -1.64. The van der Waals surface area contributed by atoms with Gasteiger partial charge in [0.05, 0.1) is 0 Å². The summed E-state index contributed by atoms with van der Waals surface area (Å²) in [6.07, 6.45) is 2.34. The van der Waals surface area contributed by atoms with Gasteiger partial charge in [-0.05, 0) is 12.5 Å². The Morgan fingerprint density at radius 3 is 2.71 bits per heavy atom. The van der Waals surface area contributed by atoms with Crippen LogP contribution in [0.25, 0.3) is 6.08 Å². The second-order valence-electron chi connectivity index (χ2n) is 3.00. The van der Waals surface area contributed by atoms with Crippen LogP contribution in [-0.2, 0) is 0 Å². The van der Waals surface area contributed by atoms with Crippen LogP contribution in [0.2, 0.25) is 0 Å². The maximum Gasteiger partial charge on any atom is 0.166 e. The van der Waals surface area contributed by atoms with Crippen LogP contribution in [0, 0.1) is 11.6 Å². The van der Waals surface area contributed by atoms with Gasteiger partial charge in [-0.15, -0.1) is 0 Å². The summed E-state index contributed by atoms with van der Waals surface area (Å²) in [5.41, 5.74) is 6.59. The van der Waals surface area contributed by atoms with Crippen molar-refractivity contribution in [2.24, 2.45) is 5.73 Å². The molecule has 0 bridgehead atoms. The van der Waals surface area contributed by atoms with E-state index in [4.69, 9.17) is 5.73 Å². The van der Waals surface area contributed by atoms with E-state index in [1.807, 2.05) is 6.92 Å². The third kappa shape index (κ3) is 2.39. The molecule has 0 atom stereocenters. The zero-order valence-electron chi connectivity index (χ0n) is 8.06. The maximum atomic E-state index is 13.2. The van der Waals surface area contributed by atoms with Gasteiger partial charge in [0.1, 0.15) is 0 Å². The minimum Gasteiger partial charge on any atom is -0.327 e. The van der Waals surface area contributed by atoms with Crippen molar-refractivity contribution in [2.45, 2.75) is 13.3 Å². The van der Waals surface area contributed by atoms with Crippen molar-refractivity contribution in [3.05, 3.63) is 41.0 Å². The van der Waals surface area contributed by atoms with Crippen LogP contribution in [0.5, 0.6) is 0 Å². The summed E-state index contributed by atoms with van der Waals surface area (Å²) in [5, 5.41) is 0. The number of nitrogens with two attached hydrogens (primary N) is 1. The molecule has 0 amide bonds. The van der Waals surface area contributed by atoms with E-state index >= 15 is 0 Å². The van der Waals surface area contributed by atoms with Crippen LogP contribution in [0.1, 0.15) is 18.9 Å². The molecule has 0 fully saturated rings. The van der Waals surface area contributed by atoms with Gasteiger partial charge in [-0.25, -0.2) is 8.78 Å². The number of rotatable bonds is 3. The van der Waals surface area contributed by atoms with Crippen LogP contribution in [-0.4, -0.2) is 6.54 Å². The Bertz CT molecular complexity index is 339. The van der Waals surface area contributed by atoms with Gasteiger partial charge >= 0.3 is 0 Å². The first kappa shape index (κ1) is 10.9. The monoisotopic (exact) mass is 197 g/mol. The molecule has 3 heteroatoms. The zero-order chi connectivity index (χ0) is 10.6. The van der Waals surface area contributed by atoms with Crippen molar-refractivity contribution in [2.75, 3.05) is 6.54 Å². The minimum atomic E-state index is -0.828. The molecule has 0 aliphatic heterocycles. The Morgan fingerprint density at radius 2 is 2.14 bits per heavy atom. The Kier molecular flexibility index (Phi) is 3.77. The minimum absolute atomic E-state index is 0.257. The van der Waals surface area contributed by atoms with Gasteiger partial charge in [0.15, 0.2) is 11.6 Å². The van der Waals surface area contributed by atoms with Crippen LogP contribution in [0.15, 0.2) is 23.8 Å². The van der Waals surface area contributed by atoms with Gasteiger partial charge < -0.3 is 5.73 Å². The van der Waals surface area contributed by atoms with E-state index in [2.05, 4.69) is 0 Å². The number of hydrogen-bond donors (Lipinski definition) is 1. The summed E-state index contributed by atoms with van der Waals surface area (Å²) >= 11 is 0. The predicted molar refractivity (Wildman–Crippen MR) is 53.7 cm³/mol. The van der Waals surface area contributed by atoms with Gasteiger partial charge in [0.2, 0.25) is 0 Å². The standard InChI is InChI=1S/C11H13F2N/c1-2-8(7-14)6-9-4-3-5-10(12)11(9)13/h3-6H,2,7,14H2,1H3. The zero-order valence-corrected chi connectivity index (χ0v) is 8.06. The Morgan fingerprint density at radius 1 is 1.43 bits per heavy atom. The van der Waals surface area contributed by atoms with E-state index in [0.29, 0.717) is 6.54 Å². The first-order valence-electron chi connectivity index (χ1n) is 4.52. The lowest BCUT2D eigenvalue weighted by Gasteiger charge is -2.02. The highest BCUT2D eigenvalue weighted by atomic mass is 19.2. The van der Waals surface area contributed by atoms with E-state index in [1.54, 1.807) is 6.08 Å². The third-order valence-electron chi connectivity index (χ3n) is 2.06. The summed E-state index contributed by atoms with van der Waals surface area (Å²) in [6, 6.07) is 4.11. The van der Waals surface area contributed by atoms with Gasteiger partial charge in [-0.1, -0.05) is 30.7 Å². The van der Waals surface area contributed by atoms with Crippen molar-refractivity contribution in [1.29, 1.82) is 0 Å². The van der Waals surface area contributed by atoms with E-state index in [1.165, 1.54) is 12.1 Å². The van der Waals surface area contributed by atoms with Crippen molar-refractivity contribution < 1.29 is 8.78 Å². The van der Waals surface area contributed by atoms with Crippen molar-refractivity contribution >= 4 is 6.08 Å². The van der Waals surface area contributed by atoms with Crippen LogP contribution in [0.4, 0.5) is 8.78 Å². The molecular formula is C11H13F2N. The largest absolute Gasteiger partial charge is 0.327 e. The van der Waals surface area contributed by atoms with Gasteiger partial charge in [0.25, 0.3) is 0 Å². The Labute approximate surface area is 82.2 Å². The van der Waals surface area contributed by atoms with Crippen molar-refractivity contribution in [1.82, 2.24) is 0 Å². The molecule has 0 heterocycles. The van der Waals surface area contributed by atoms with E-state index in [-0.39, 0.29) is 5.56 Å². The fourth-order valence-electron chi connectivity index (χ4n) is 1.16. The smallest absolute Gasteiger partial charge is 0.166 e. The first-order chi connectivity index (χ1) is 6.69. The fourth-order valence-corrected chi connectivity index (χ4v) is 1.16. The average Bonchev–Trinajstić information content (AvgIpc) is 2.20. The van der Waals surface area contributed by atoms with E-state index in [9.17, 15) is 8.78 Å². The van der Waals surface area contributed by atoms with E-state index in [0.717, 1.165) is 18.1 Å². The molecule has 1 nitrogen and oxygen atoms in total. The molecule has 0 saturated carbocycles. The molecule has 0 aliphatic rings. The molecule has 0 aliphatic carbocycles. The molecule has 14 heavy (non-hydrogen) atoms. The summed E-state index contributed by atoms with van der Waals surface area (Å²) in [6.45, 7) is 2.29. The van der Waals surface area contributed by atoms with E-state index < -0.39 is 11.6 Å². The normalized spacial score (nSPS) is 11.9. The molecule has 1 rings (SSSR count). The van der Waals surface area contributed by atoms with Crippen LogP contribution < -0.4 is 5.73 Å². The molecule has 1 aromatic carbocycles. The second kappa shape index (κ2) is 4.86. The molecule has 0 aromatic heterocycles. The molecular weight excluding hydrogens is 184 g/mol. The predicted octanol–water partition coefficient (Wildman–Crippen LogP) is 2.72. The molecule has 0 radical (unpaired) electrons. The number of halogens is 2. The topological polar surface area (TPSA) is 26.0 Å². The fraction of sp³-hybridized carbons (Fsp3) is 0.273. The SMILES string of the molecule is CCC(=Cc1cccc(F)c1F)CN. The van der Waals surface area contributed by atoms with Gasteiger partial charge in [-0.2, -0.15) is 0 Å². The Balaban J connectivity index is 3.07. The summed E-state index contributed by atoms with van der Waals surface area (Å²) < 4.78 is 26.0. The third-order valence-corrected chi connectivity index (χ3v) is 2.06. The number of hydrogen-bond acceptors (Lipinski definition) is 1. The summed E-state index contributed by atoms with van der Waals surface area (Å²) in [7, 11) is 0. The number of benzene rings is 1. The average molecular weight is 197 g/mol. The molecule has 2 N–H and O–H groups in total. The second-order valence-corrected chi connectivity index (χ2v) is 3.00. The van der Waals surface area contributed by atoms with Gasteiger partial charge in [-0.3, -0.25) is 0 Å². The van der Waals surface area contributed by atoms with Crippen LogP contribution >= 0.6 is 0 Å². The lowest BCUT2D eigenvalue weighted by molar-refractivity contribution is 0.507. The lowest BCUT2D eigenvalue weighted by atomic mass is 10.1. The molecule has 1 aromatic rings. The van der Waals surface area contributed by atoms with Crippen molar-refractivity contribution in [3.8, 4) is 0 Å². The molecule has 0 unspecified atom stereocenters. The first-order valence-corrected chi connectivity index (χ1v) is 4.52. The quantitative estimate of drug-likeness (QED) is 0.792. The van der Waals surface area contributed by atoms with Crippen LogP contribution in [0.3, 0.4) is 0 Å². The lowest BCUT2D eigenvalue weighted by Crippen LogP contribution is -2.02. The highest BCUT2D eigenvalue weighted by molar-refractivity contribution is 5.53. The highest BCUT2D eigenvalue weighted by Gasteiger charge is 2.05. The highest BCUT2D eigenvalue weighted by Crippen LogP contribution is 2.15. The summed E-state index contributed by atoms with van der Waals surface area (Å²) in [4.78, 5) is 0. The molecule has 0 spiro atoms.